The normalized spacial score (nSPS) is 25.5. The third-order valence-electron chi connectivity index (χ3n) is 10.4. The van der Waals surface area contributed by atoms with Crippen molar-refractivity contribution in [1.82, 2.24) is 10.6 Å². The van der Waals surface area contributed by atoms with E-state index in [-0.39, 0.29) is 4.90 Å². The number of benzene rings is 1. The molecule has 74 heavy (non-hydrogen) atoms. The predicted octanol–water partition coefficient (Wildman–Crippen LogP) is 1.10. The zero-order valence-electron chi connectivity index (χ0n) is 40.6. The molecular weight excluding hydrogens is 1040 g/mol. The molecule has 414 valence electrons. The minimum absolute atomic E-state index is 0.207. The molecule has 0 unspecified atom stereocenters. The first-order valence-electron chi connectivity index (χ1n) is 21.5. The van der Waals surface area contributed by atoms with Gasteiger partial charge in [-0.2, -0.15) is 26.3 Å². The van der Waals surface area contributed by atoms with Gasteiger partial charge in [-0.3, -0.25) is 38.4 Å². The number of hydrogen-bond donors (Lipinski definition) is 3. The van der Waals surface area contributed by atoms with E-state index in [0.29, 0.717) is 45.2 Å². The second kappa shape index (κ2) is 25.8. The number of amides is 2. The van der Waals surface area contributed by atoms with Crippen molar-refractivity contribution in [2.45, 2.75) is 150 Å². The molecule has 2 amide bonds. The highest BCUT2D eigenvalue weighted by Gasteiger charge is 2.63. The summed E-state index contributed by atoms with van der Waals surface area (Å²) >= 11 is 0.539. The van der Waals surface area contributed by atoms with Gasteiger partial charge in [0.05, 0.1) is 39.3 Å². The highest BCUT2D eigenvalue weighted by Crippen LogP contribution is 2.46. The molecule has 1 aromatic rings. The molecule has 0 aromatic heterocycles. The minimum atomic E-state index is -5.73. The summed E-state index contributed by atoms with van der Waals surface area (Å²) in [6, 6.07) is 1.33. The molecule has 0 radical (unpaired) electrons. The van der Waals surface area contributed by atoms with Crippen molar-refractivity contribution >= 4 is 71.3 Å². The molecule has 2 fully saturated rings. The first kappa shape index (κ1) is 62.0. The van der Waals surface area contributed by atoms with Gasteiger partial charge in [0.1, 0.15) is 37.1 Å². The molecule has 0 saturated carbocycles. The van der Waals surface area contributed by atoms with E-state index in [0.717, 1.165) is 27.9 Å². The first-order chi connectivity index (χ1) is 34.2. The second-order valence-electron chi connectivity index (χ2n) is 16.2. The summed E-state index contributed by atoms with van der Waals surface area (Å²) in [4.78, 5) is 126. The SMILES string of the molecule is COC(=O)[C@@]1(OC[C@@H](O)[C@@H](OC(C)=O)[C@@H]2O[C@@](Sc3ccc(C)cc3)(C(=O)OC)C[C@H](OC(C)=O)[C@H]2NC(=O)C(F)(F)F)C[C@H](OC(C)=O)[C@@H](NC(=O)C(F)(F)F)[C@H]([C@H](OC(C)=O)[C@@H](COC(C)=O)OC(C)=O)O1. The Labute approximate surface area is 420 Å². The molecule has 0 aliphatic carbocycles. The van der Waals surface area contributed by atoms with Crippen LogP contribution in [-0.4, -0.2) is 176 Å². The molecule has 3 N–H and O–H groups in total. The fourth-order valence-electron chi connectivity index (χ4n) is 7.56. The van der Waals surface area contributed by atoms with E-state index in [9.17, 15) is 79.4 Å². The van der Waals surface area contributed by atoms with E-state index >= 15 is 0 Å². The molecule has 2 heterocycles. The average molecular weight is 1090 g/mol. The van der Waals surface area contributed by atoms with Gasteiger partial charge in [0.25, 0.3) is 5.79 Å². The minimum Gasteiger partial charge on any atom is -0.466 e. The van der Waals surface area contributed by atoms with Crippen LogP contribution in [0.2, 0.25) is 0 Å². The van der Waals surface area contributed by atoms with Crippen LogP contribution in [0.25, 0.3) is 0 Å². The maximum atomic E-state index is 14.0. The molecule has 3 rings (SSSR count). The van der Waals surface area contributed by atoms with Crippen LogP contribution in [0, 0.1) is 6.92 Å². The van der Waals surface area contributed by atoms with Gasteiger partial charge < -0.3 is 67.8 Å². The number of halogens is 6. The molecule has 0 bridgehead atoms. The van der Waals surface area contributed by atoms with E-state index in [1.54, 1.807) is 24.4 Å². The lowest BCUT2D eigenvalue weighted by atomic mass is 9.87. The first-order valence-corrected chi connectivity index (χ1v) is 22.4. The number of nitrogens with one attached hydrogen (secondary N) is 2. The van der Waals surface area contributed by atoms with Crippen LogP contribution < -0.4 is 10.6 Å². The van der Waals surface area contributed by atoms with E-state index in [2.05, 4.69) is 0 Å². The summed E-state index contributed by atoms with van der Waals surface area (Å²) in [6.07, 6.45) is -32.7. The van der Waals surface area contributed by atoms with Crippen molar-refractivity contribution < 1.29 is 131 Å². The van der Waals surface area contributed by atoms with Crippen LogP contribution in [0.3, 0.4) is 0 Å². The zero-order chi connectivity index (χ0) is 56.3. The van der Waals surface area contributed by atoms with E-state index in [1.807, 2.05) is 0 Å². The molecule has 1 aromatic carbocycles. The topological polar surface area (TPSA) is 317 Å². The quantitative estimate of drug-likeness (QED) is 0.0935. The summed E-state index contributed by atoms with van der Waals surface area (Å²) in [6.45, 7) is 3.64. The Morgan fingerprint density at radius 1 is 0.649 bits per heavy atom. The maximum Gasteiger partial charge on any atom is 0.471 e. The summed E-state index contributed by atoms with van der Waals surface area (Å²) in [7, 11) is 1.54. The van der Waals surface area contributed by atoms with Crippen molar-refractivity contribution in [2.24, 2.45) is 0 Å². The number of aliphatic hydroxyl groups is 1. The number of methoxy groups -OCH3 is 2. The highest BCUT2D eigenvalue weighted by atomic mass is 32.2. The van der Waals surface area contributed by atoms with E-state index in [1.165, 1.54) is 17.4 Å². The predicted molar refractivity (Wildman–Crippen MR) is 228 cm³/mol. The molecule has 2 aliphatic heterocycles. The molecule has 12 atom stereocenters. The van der Waals surface area contributed by atoms with Crippen molar-refractivity contribution in [3.63, 3.8) is 0 Å². The Kier molecular flexibility index (Phi) is 21.6. The number of hydrogen-bond acceptors (Lipinski definition) is 23. The molecule has 24 nitrogen and oxygen atoms in total. The highest BCUT2D eigenvalue weighted by molar-refractivity contribution is 8.01. The number of esters is 8. The molecule has 31 heteroatoms. The van der Waals surface area contributed by atoms with Gasteiger partial charge in [0.2, 0.25) is 4.93 Å². The number of carbonyl (C=O) groups is 10. The van der Waals surface area contributed by atoms with Crippen LogP contribution in [0.4, 0.5) is 26.3 Å². The fourth-order valence-corrected chi connectivity index (χ4v) is 8.79. The lowest BCUT2D eigenvalue weighted by Gasteiger charge is -2.49. The number of thioether (sulfide) groups is 1. The number of rotatable bonds is 20. The molecule has 0 spiro atoms. The van der Waals surface area contributed by atoms with Crippen LogP contribution >= 0.6 is 11.8 Å². The molecule has 2 saturated heterocycles. The third-order valence-corrected chi connectivity index (χ3v) is 11.7. The average Bonchev–Trinajstić information content (AvgIpc) is 3.28. The monoisotopic (exact) mass is 1090 g/mol. The van der Waals surface area contributed by atoms with Gasteiger partial charge in [-0.15, -0.1) is 0 Å². The van der Waals surface area contributed by atoms with Gasteiger partial charge in [-0.05, 0) is 19.1 Å². The zero-order valence-corrected chi connectivity index (χ0v) is 41.4. The summed E-state index contributed by atoms with van der Waals surface area (Å²) in [5.41, 5.74) is 0.710. The summed E-state index contributed by atoms with van der Waals surface area (Å²) in [5, 5.41) is 15.1. The third kappa shape index (κ3) is 16.9. The van der Waals surface area contributed by atoms with Gasteiger partial charge in [0, 0.05) is 52.9 Å². The standard InChI is InChI=1S/C43H52F6N2O22S/c1-18-10-12-25(13-11-18)74-41(39(62)64-9)15-28(68-21(4)54)31(51-37(60)43(47,48)49)34(73-41)32(70-23(6)56)26(58)16-66-40(38(61)63-8)14-27(67-20(3)53)30(50-36(59)42(44,45)46)35(72-40)33(71-24(7)57)29(69-22(5)55)17-65-19(2)52/h10-13,26-35,58H,14-17H2,1-9H3,(H,50,59)(H,51,60)/t26-,27+,28+,29-,30-,31-,32-,33-,34-,35-,40-,41+/m1/s1. The Balaban J connectivity index is 2.38. The van der Waals surface area contributed by atoms with Crippen molar-refractivity contribution in [3.05, 3.63) is 29.8 Å². The van der Waals surface area contributed by atoms with Crippen molar-refractivity contribution in [1.29, 1.82) is 0 Å². The van der Waals surface area contributed by atoms with Crippen molar-refractivity contribution in [2.75, 3.05) is 27.4 Å². The van der Waals surface area contributed by atoms with E-state index in [4.69, 9.17) is 52.1 Å². The van der Waals surface area contributed by atoms with Crippen LogP contribution in [-0.2, 0) is 100 Å². The van der Waals surface area contributed by atoms with Gasteiger partial charge >= 0.3 is 71.9 Å². The van der Waals surface area contributed by atoms with Crippen LogP contribution in [0.1, 0.15) is 59.9 Å². The lowest BCUT2D eigenvalue weighted by Crippen LogP contribution is -2.70. The summed E-state index contributed by atoms with van der Waals surface area (Å²) in [5.74, 6) is -19.4. The number of ether oxygens (including phenoxy) is 11. The van der Waals surface area contributed by atoms with Crippen molar-refractivity contribution in [3.8, 4) is 0 Å². The van der Waals surface area contributed by atoms with Crippen LogP contribution in [0.15, 0.2) is 29.2 Å². The Morgan fingerprint density at radius 2 is 1.11 bits per heavy atom. The lowest BCUT2D eigenvalue weighted by molar-refractivity contribution is -0.321. The summed E-state index contributed by atoms with van der Waals surface area (Å²) < 4.78 is 143. The fraction of sp³-hybridized carbons (Fsp3) is 0.628. The van der Waals surface area contributed by atoms with E-state index < -0.39 is 170 Å². The van der Waals surface area contributed by atoms with Gasteiger partial charge in [-0.1, -0.05) is 29.5 Å². The molecular formula is C43H52F6N2O22S. The smallest absolute Gasteiger partial charge is 0.466 e. The van der Waals surface area contributed by atoms with Gasteiger partial charge in [0.15, 0.2) is 18.3 Å². The number of aliphatic hydroxyl groups excluding tert-OH is 1. The Morgan fingerprint density at radius 3 is 1.54 bits per heavy atom. The van der Waals surface area contributed by atoms with Crippen LogP contribution in [0.5, 0.6) is 0 Å². The Bertz CT molecular complexity index is 2250. The Hall–Kier alpha value is -6.31. The number of carbonyl (C=O) groups excluding carboxylic acids is 10. The molecule has 2 aliphatic rings. The number of alkyl halides is 6. The second-order valence-corrected chi connectivity index (χ2v) is 17.6. The number of aryl methyl sites for hydroxylation is 1. The largest absolute Gasteiger partial charge is 0.471 e. The van der Waals surface area contributed by atoms with Gasteiger partial charge in [-0.25, -0.2) is 9.59 Å². The maximum absolute atomic E-state index is 14.0.